The molecule has 1 aliphatic rings. The first kappa shape index (κ1) is 14.3. The second kappa shape index (κ2) is 7.46. The van der Waals surface area contributed by atoms with Crippen LogP contribution in [0.4, 0.5) is 5.69 Å². The average molecular weight is 263 g/mol. The summed E-state index contributed by atoms with van der Waals surface area (Å²) in [6.45, 7) is 6.17. The minimum absolute atomic E-state index is 0.364. The van der Waals surface area contributed by atoms with Gasteiger partial charge in [-0.2, -0.15) is 0 Å². The lowest BCUT2D eigenvalue weighted by molar-refractivity contribution is 0.0893. The highest BCUT2D eigenvalue weighted by atomic mass is 16.5. The van der Waals surface area contributed by atoms with E-state index < -0.39 is 0 Å². The first-order valence-electron chi connectivity index (χ1n) is 7.27. The number of ether oxygens (including phenoxy) is 1. The van der Waals surface area contributed by atoms with Crippen molar-refractivity contribution in [1.29, 1.82) is 0 Å². The standard InChI is InChI=1S/C15H25N3O/c1-3-7-16-11-13-10-14(6-8-17-13)18-9-4-5-15(12-18)19-2/h6,8,10,15-16H,3-5,7,9,11-12H2,1-2H3. The molecule has 0 radical (unpaired) electrons. The molecule has 1 unspecified atom stereocenters. The summed E-state index contributed by atoms with van der Waals surface area (Å²) in [5.74, 6) is 0. The zero-order valence-electron chi connectivity index (χ0n) is 12.1. The van der Waals surface area contributed by atoms with E-state index in [9.17, 15) is 0 Å². The molecule has 106 valence electrons. The van der Waals surface area contributed by atoms with E-state index in [4.69, 9.17) is 4.74 Å². The van der Waals surface area contributed by atoms with Crippen LogP contribution in [0.25, 0.3) is 0 Å². The minimum atomic E-state index is 0.364. The summed E-state index contributed by atoms with van der Waals surface area (Å²) in [5, 5.41) is 3.40. The Morgan fingerprint density at radius 1 is 1.53 bits per heavy atom. The number of nitrogens with zero attached hydrogens (tertiary/aromatic N) is 2. The molecule has 19 heavy (non-hydrogen) atoms. The van der Waals surface area contributed by atoms with Crippen LogP contribution in [0.2, 0.25) is 0 Å². The molecule has 1 fully saturated rings. The molecule has 0 spiro atoms. The number of methoxy groups -OCH3 is 1. The maximum Gasteiger partial charge on any atom is 0.0746 e. The molecule has 1 aliphatic heterocycles. The van der Waals surface area contributed by atoms with Crippen molar-refractivity contribution in [2.75, 3.05) is 31.6 Å². The van der Waals surface area contributed by atoms with Gasteiger partial charge in [-0.3, -0.25) is 4.98 Å². The number of piperidine rings is 1. The Morgan fingerprint density at radius 2 is 2.42 bits per heavy atom. The van der Waals surface area contributed by atoms with Crippen molar-refractivity contribution >= 4 is 5.69 Å². The van der Waals surface area contributed by atoms with E-state index in [-0.39, 0.29) is 0 Å². The molecule has 0 amide bonds. The highest BCUT2D eigenvalue weighted by Crippen LogP contribution is 2.21. The fraction of sp³-hybridized carbons (Fsp3) is 0.667. The zero-order chi connectivity index (χ0) is 13.5. The predicted molar refractivity (Wildman–Crippen MR) is 78.5 cm³/mol. The molecule has 0 aromatic carbocycles. The molecule has 0 bridgehead atoms. The van der Waals surface area contributed by atoms with Crippen molar-refractivity contribution in [3.8, 4) is 0 Å². The topological polar surface area (TPSA) is 37.4 Å². The van der Waals surface area contributed by atoms with Gasteiger partial charge < -0.3 is 15.0 Å². The van der Waals surface area contributed by atoms with Gasteiger partial charge in [0.05, 0.1) is 11.8 Å². The third kappa shape index (κ3) is 4.18. The fourth-order valence-corrected chi connectivity index (χ4v) is 2.52. The third-order valence-electron chi connectivity index (χ3n) is 3.61. The van der Waals surface area contributed by atoms with Crippen LogP contribution in [-0.4, -0.2) is 37.8 Å². The molecule has 1 saturated heterocycles. The number of pyridine rings is 1. The van der Waals surface area contributed by atoms with Crippen LogP contribution in [0.15, 0.2) is 18.3 Å². The van der Waals surface area contributed by atoms with Gasteiger partial charge in [0.2, 0.25) is 0 Å². The Bertz CT molecular complexity index is 383. The van der Waals surface area contributed by atoms with E-state index in [0.29, 0.717) is 6.10 Å². The molecule has 2 rings (SSSR count). The Kier molecular flexibility index (Phi) is 5.61. The summed E-state index contributed by atoms with van der Waals surface area (Å²) in [7, 11) is 1.81. The molecule has 1 atom stereocenters. The molecule has 1 N–H and O–H groups in total. The van der Waals surface area contributed by atoms with Gasteiger partial charge in [0.25, 0.3) is 0 Å². The average Bonchev–Trinajstić information content (AvgIpc) is 2.48. The van der Waals surface area contributed by atoms with Gasteiger partial charge in [-0.05, 0) is 37.9 Å². The van der Waals surface area contributed by atoms with Crippen molar-refractivity contribution in [3.63, 3.8) is 0 Å². The van der Waals surface area contributed by atoms with Gasteiger partial charge >= 0.3 is 0 Å². The van der Waals surface area contributed by atoms with Gasteiger partial charge in [-0.15, -0.1) is 0 Å². The Balaban J connectivity index is 1.97. The Morgan fingerprint density at radius 3 is 3.21 bits per heavy atom. The predicted octanol–water partition coefficient (Wildman–Crippen LogP) is 2.20. The Hall–Kier alpha value is -1.13. The maximum absolute atomic E-state index is 5.48. The van der Waals surface area contributed by atoms with Gasteiger partial charge in [0, 0.05) is 38.6 Å². The first-order valence-corrected chi connectivity index (χ1v) is 7.27. The summed E-state index contributed by atoms with van der Waals surface area (Å²) in [4.78, 5) is 6.83. The van der Waals surface area contributed by atoms with Crippen molar-refractivity contribution < 1.29 is 4.74 Å². The van der Waals surface area contributed by atoms with Crippen molar-refractivity contribution in [2.24, 2.45) is 0 Å². The van der Waals surface area contributed by atoms with E-state index >= 15 is 0 Å². The minimum Gasteiger partial charge on any atom is -0.380 e. The molecular formula is C15H25N3O. The summed E-state index contributed by atoms with van der Waals surface area (Å²) >= 11 is 0. The molecule has 1 aromatic heterocycles. The first-order chi connectivity index (χ1) is 9.33. The number of aromatic nitrogens is 1. The van der Waals surface area contributed by atoms with E-state index in [2.05, 4.69) is 34.3 Å². The highest BCUT2D eigenvalue weighted by molar-refractivity contribution is 5.47. The molecule has 0 saturated carbocycles. The number of rotatable bonds is 6. The highest BCUT2D eigenvalue weighted by Gasteiger charge is 2.19. The molecule has 4 nitrogen and oxygen atoms in total. The second-order valence-electron chi connectivity index (χ2n) is 5.13. The number of hydrogen-bond donors (Lipinski definition) is 1. The smallest absolute Gasteiger partial charge is 0.0746 e. The van der Waals surface area contributed by atoms with E-state index in [1.54, 1.807) is 7.11 Å². The molecule has 4 heteroatoms. The summed E-state index contributed by atoms with van der Waals surface area (Å²) in [5.41, 5.74) is 2.38. The van der Waals surface area contributed by atoms with Crippen molar-refractivity contribution in [1.82, 2.24) is 10.3 Å². The lowest BCUT2D eigenvalue weighted by atomic mass is 10.1. The second-order valence-corrected chi connectivity index (χ2v) is 5.13. The van der Waals surface area contributed by atoms with Crippen LogP contribution in [0, 0.1) is 0 Å². The Labute approximate surface area is 116 Å². The number of hydrogen-bond acceptors (Lipinski definition) is 4. The van der Waals surface area contributed by atoms with Crippen LogP contribution in [0.5, 0.6) is 0 Å². The summed E-state index contributed by atoms with van der Waals surface area (Å²) < 4.78 is 5.48. The van der Waals surface area contributed by atoms with Crippen LogP contribution in [0.1, 0.15) is 31.9 Å². The van der Waals surface area contributed by atoms with Crippen molar-refractivity contribution in [2.45, 2.75) is 38.8 Å². The largest absolute Gasteiger partial charge is 0.380 e. The maximum atomic E-state index is 5.48. The molecular weight excluding hydrogens is 238 g/mol. The van der Waals surface area contributed by atoms with E-state index in [1.807, 2.05) is 6.20 Å². The van der Waals surface area contributed by atoms with Gasteiger partial charge in [-0.25, -0.2) is 0 Å². The van der Waals surface area contributed by atoms with Crippen molar-refractivity contribution in [3.05, 3.63) is 24.0 Å². The van der Waals surface area contributed by atoms with E-state index in [1.165, 1.54) is 18.5 Å². The molecule has 2 heterocycles. The SMILES string of the molecule is CCCNCc1cc(N2CCCC(OC)C2)ccn1. The van der Waals surface area contributed by atoms with Gasteiger partial charge in [-0.1, -0.05) is 6.92 Å². The molecule has 1 aromatic rings. The normalized spacial score (nSPS) is 19.7. The van der Waals surface area contributed by atoms with Gasteiger partial charge in [0.1, 0.15) is 0 Å². The van der Waals surface area contributed by atoms with Crippen LogP contribution in [-0.2, 0) is 11.3 Å². The van der Waals surface area contributed by atoms with Crippen LogP contribution in [0.3, 0.4) is 0 Å². The summed E-state index contributed by atoms with van der Waals surface area (Å²) in [6, 6.07) is 4.29. The lowest BCUT2D eigenvalue weighted by Gasteiger charge is -2.33. The van der Waals surface area contributed by atoms with Gasteiger partial charge in [0.15, 0.2) is 0 Å². The zero-order valence-corrected chi connectivity index (χ0v) is 12.1. The quantitative estimate of drug-likeness (QED) is 0.798. The number of anilines is 1. The summed E-state index contributed by atoms with van der Waals surface area (Å²) in [6.07, 6.45) is 5.80. The fourth-order valence-electron chi connectivity index (χ4n) is 2.52. The molecule has 0 aliphatic carbocycles. The van der Waals surface area contributed by atoms with E-state index in [0.717, 1.165) is 38.3 Å². The number of nitrogens with one attached hydrogen (secondary N) is 1. The van der Waals surface area contributed by atoms with Crippen LogP contribution < -0.4 is 10.2 Å². The lowest BCUT2D eigenvalue weighted by Crippen LogP contribution is -2.39. The van der Waals surface area contributed by atoms with Crippen LogP contribution >= 0.6 is 0 Å². The third-order valence-corrected chi connectivity index (χ3v) is 3.61. The monoisotopic (exact) mass is 263 g/mol.